The van der Waals surface area contributed by atoms with Crippen LogP contribution < -0.4 is 20.1 Å². The number of aromatic nitrogens is 4. The van der Waals surface area contributed by atoms with Crippen molar-refractivity contribution in [2.75, 3.05) is 38.5 Å². The maximum Gasteiger partial charge on any atom is 0.227 e. The van der Waals surface area contributed by atoms with Gasteiger partial charge in [0.2, 0.25) is 5.95 Å². The van der Waals surface area contributed by atoms with E-state index in [1.54, 1.807) is 21.3 Å². The molecule has 5 rings (SSSR count). The quantitative estimate of drug-likeness (QED) is 0.254. The van der Waals surface area contributed by atoms with Gasteiger partial charge in [0.1, 0.15) is 23.7 Å². The van der Waals surface area contributed by atoms with Crippen LogP contribution in [0.1, 0.15) is 24.3 Å². The van der Waals surface area contributed by atoms with Gasteiger partial charge in [-0.1, -0.05) is 24.3 Å². The molecule has 40 heavy (non-hydrogen) atoms. The molecule has 0 bridgehead atoms. The molecule has 1 aliphatic rings. The predicted octanol–water partition coefficient (Wildman–Crippen LogP) is 3.70. The number of ether oxygens (including phenoxy) is 4. The summed E-state index contributed by atoms with van der Waals surface area (Å²) in [5.74, 6) is 2.29. The Morgan fingerprint density at radius 3 is 2.27 bits per heavy atom. The molecule has 0 aliphatic carbocycles. The van der Waals surface area contributed by atoms with E-state index in [4.69, 9.17) is 18.9 Å². The molecule has 2 aromatic carbocycles. The molecule has 12 heteroatoms. The predicted molar refractivity (Wildman–Crippen MR) is 147 cm³/mol. The molecular weight excluding hydrogens is 519 g/mol. The molecule has 3 N–H and O–H groups in total. The van der Waals surface area contributed by atoms with E-state index in [1.807, 2.05) is 48.5 Å². The van der Waals surface area contributed by atoms with E-state index in [1.165, 1.54) is 17.8 Å². The number of nitrogens with zero attached hydrogens (tertiary/aromatic N) is 4. The fraction of sp³-hybridized carbons (Fsp3) is 0.393. The van der Waals surface area contributed by atoms with Crippen molar-refractivity contribution in [1.29, 1.82) is 0 Å². The molecule has 4 atom stereocenters. The average Bonchev–Trinajstić information content (AvgIpc) is 3.51. The molecule has 1 saturated heterocycles. The van der Waals surface area contributed by atoms with Crippen molar-refractivity contribution in [3.8, 4) is 11.5 Å². The van der Waals surface area contributed by atoms with E-state index in [-0.39, 0.29) is 6.61 Å². The van der Waals surface area contributed by atoms with Crippen molar-refractivity contribution in [1.82, 2.24) is 19.5 Å². The van der Waals surface area contributed by atoms with Gasteiger partial charge in [0.25, 0.3) is 0 Å². The fourth-order valence-corrected chi connectivity index (χ4v) is 4.79. The molecule has 0 saturated carbocycles. The normalized spacial score (nSPS) is 22.4. The van der Waals surface area contributed by atoms with E-state index in [0.717, 1.165) is 16.9 Å². The number of fused-ring (bicyclic) bond motifs is 1. The second-order valence-corrected chi connectivity index (χ2v) is 9.61. The number of methoxy groups -OCH3 is 2. The van der Waals surface area contributed by atoms with Gasteiger partial charge in [-0.3, -0.25) is 4.57 Å². The highest BCUT2D eigenvalue weighted by Gasteiger charge is 2.56. The Balaban J connectivity index is 1.39. The van der Waals surface area contributed by atoms with Crippen LogP contribution in [0.3, 0.4) is 0 Å². The number of aliphatic hydroxyl groups is 1. The third kappa shape index (κ3) is 5.37. The van der Waals surface area contributed by atoms with Crippen LogP contribution in [0.4, 0.5) is 16.2 Å². The molecule has 0 unspecified atom stereocenters. The molecule has 212 valence electrons. The number of aliphatic hydroxyl groups excluding tert-OH is 1. The Hall–Kier alpha value is -4.00. The van der Waals surface area contributed by atoms with Crippen molar-refractivity contribution in [2.45, 2.75) is 44.2 Å². The Morgan fingerprint density at radius 2 is 1.68 bits per heavy atom. The average molecular weight is 553 g/mol. The van der Waals surface area contributed by atoms with E-state index < -0.39 is 30.7 Å². The van der Waals surface area contributed by atoms with E-state index >= 15 is 4.39 Å². The number of nitrogens with one attached hydrogen (secondary N) is 2. The van der Waals surface area contributed by atoms with E-state index in [2.05, 4.69) is 25.6 Å². The summed E-state index contributed by atoms with van der Waals surface area (Å²) in [6.45, 7) is 1.58. The molecule has 0 radical (unpaired) electrons. The van der Waals surface area contributed by atoms with Crippen LogP contribution in [0.25, 0.3) is 11.2 Å². The van der Waals surface area contributed by atoms with Crippen molar-refractivity contribution in [2.24, 2.45) is 0 Å². The van der Waals surface area contributed by atoms with Crippen LogP contribution in [0.15, 0.2) is 54.9 Å². The number of hydrogen-bond acceptors (Lipinski definition) is 10. The first-order valence-electron chi connectivity index (χ1n) is 12.9. The smallest absolute Gasteiger partial charge is 0.227 e. The Kier molecular flexibility index (Phi) is 8.01. The summed E-state index contributed by atoms with van der Waals surface area (Å²) < 4.78 is 40.4. The van der Waals surface area contributed by atoms with Crippen LogP contribution >= 0.6 is 0 Å². The summed E-state index contributed by atoms with van der Waals surface area (Å²) in [6.07, 6.45) is -1.62. The monoisotopic (exact) mass is 552 g/mol. The second-order valence-electron chi connectivity index (χ2n) is 9.61. The maximum absolute atomic E-state index is 16.5. The summed E-state index contributed by atoms with van der Waals surface area (Å²) in [5, 5.41) is 16.3. The highest BCUT2D eigenvalue weighted by atomic mass is 19.1. The first-order chi connectivity index (χ1) is 19.4. The van der Waals surface area contributed by atoms with Gasteiger partial charge in [0.15, 0.2) is 28.9 Å². The van der Waals surface area contributed by atoms with Crippen LogP contribution in [0.5, 0.6) is 11.5 Å². The molecular formula is C28H33FN6O5. The fourth-order valence-electron chi connectivity index (χ4n) is 4.79. The number of imidazole rings is 1. The lowest BCUT2D eigenvalue weighted by molar-refractivity contribution is -0.0675. The summed E-state index contributed by atoms with van der Waals surface area (Å²) in [7, 11) is 4.93. The number of alkyl halides is 1. The first-order valence-corrected chi connectivity index (χ1v) is 12.9. The molecule has 4 aromatic rings. The van der Waals surface area contributed by atoms with Gasteiger partial charge in [0, 0.05) is 13.6 Å². The Morgan fingerprint density at radius 1 is 1.02 bits per heavy atom. The largest absolute Gasteiger partial charge is 0.497 e. The minimum absolute atomic E-state index is 0.136. The molecule has 2 aromatic heterocycles. The van der Waals surface area contributed by atoms with E-state index in [9.17, 15) is 5.11 Å². The summed E-state index contributed by atoms with van der Waals surface area (Å²) >= 11 is 0. The highest BCUT2D eigenvalue weighted by Crippen LogP contribution is 2.44. The van der Waals surface area contributed by atoms with Crippen LogP contribution in [0.2, 0.25) is 0 Å². The standard InChI is InChI=1S/C28H33FN6O5/c1-28(29)23(39-15-18-7-11-20(38-4)12-8-18)21(14-36)40-26(28)35-16-32-22-24(30-2)33-27(34-25(22)35)31-13-17-5-9-19(37-3)10-6-17/h5-12,16,21,23,26,36H,13-15H2,1-4H3,(H2,30,31,33,34)/t21-,23-,26-,28-/m1/s1. The van der Waals surface area contributed by atoms with Crippen LogP contribution in [-0.2, 0) is 22.6 Å². The Labute approximate surface area is 231 Å². The molecule has 1 aliphatic heterocycles. The van der Waals surface area contributed by atoms with Gasteiger partial charge < -0.3 is 34.7 Å². The Bertz CT molecular complexity index is 1430. The third-order valence-corrected chi connectivity index (χ3v) is 6.97. The zero-order valence-corrected chi connectivity index (χ0v) is 22.8. The lowest BCUT2D eigenvalue weighted by atomic mass is 9.98. The summed E-state index contributed by atoms with van der Waals surface area (Å²) in [5.41, 5.74) is 0.651. The minimum atomic E-state index is -2.02. The van der Waals surface area contributed by atoms with Gasteiger partial charge >= 0.3 is 0 Å². The lowest BCUT2D eigenvalue weighted by Crippen LogP contribution is -2.42. The number of benzene rings is 2. The molecule has 1 fully saturated rings. The van der Waals surface area contributed by atoms with Crippen LogP contribution in [-0.4, -0.2) is 70.4 Å². The number of anilines is 2. The van der Waals surface area contributed by atoms with Crippen molar-refractivity contribution < 1.29 is 28.4 Å². The van der Waals surface area contributed by atoms with Crippen LogP contribution in [0, 0.1) is 0 Å². The van der Waals surface area contributed by atoms with Gasteiger partial charge in [0.05, 0.1) is 33.8 Å². The first kappa shape index (κ1) is 27.6. The van der Waals surface area contributed by atoms with Crippen molar-refractivity contribution >= 4 is 22.9 Å². The van der Waals surface area contributed by atoms with Crippen molar-refractivity contribution in [3.63, 3.8) is 0 Å². The topological polar surface area (TPSA) is 125 Å². The van der Waals surface area contributed by atoms with Gasteiger partial charge in [-0.05, 0) is 42.3 Å². The molecule has 11 nitrogen and oxygen atoms in total. The molecule has 3 heterocycles. The van der Waals surface area contributed by atoms with Gasteiger partial charge in [-0.15, -0.1) is 0 Å². The number of rotatable bonds is 11. The SMILES string of the molecule is CNc1nc(NCc2ccc(OC)cc2)nc2c1ncn2[C@@H]1O[C@H](CO)[C@@H](OCc2ccc(OC)cc2)[C@@]1(C)F. The van der Waals surface area contributed by atoms with Gasteiger partial charge in [-0.25, -0.2) is 9.37 Å². The maximum atomic E-state index is 16.5. The highest BCUT2D eigenvalue weighted by molar-refractivity contribution is 5.84. The summed E-state index contributed by atoms with van der Waals surface area (Å²) in [6, 6.07) is 14.9. The lowest BCUT2D eigenvalue weighted by Gasteiger charge is -2.28. The minimum Gasteiger partial charge on any atom is -0.497 e. The van der Waals surface area contributed by atoms with E-state index in [0.29, 0.717) is 35.2 Å². The van der Waals surface area contributed by atoms with Gasteiger partial charge in [-0.2, -0.15) is 9.97 Å². The molecule has 0 amide bonds. The zero-order chi connectivity index (χ0) is 28.3. The third-order valence-electron chi connectivity index (χ3n) is 6.97. The second kappa shape index (κ2) is 11.6. The molecule has 0 spiro atoms. The number of halogens is 1. The zero-order valence-electron chi connectivity index (χ0n) is 22.8. The summed E-state index contributed by atoms with van der Waals surface area (Å²) in [4.78, 5) is 13.6. The van der Waals surface area contributed by atoms with Crippen molar-refractivity contribution in [3.05, 3.63) is 66.0 Å². The number of hydrogen-bond donors (Lipinski definition) is 3.